The molecule has 0 aliphatic carbocycles. The predicted octanol–water partition coefficient (Wildman–Crippen LogP) is 2.75. The zero-order valence-electron chi connectivity index (χ0n) is 13.0. The van der Waals surface area contributed by atoms with Gasteiger partial charge in [-0.15, -0.1) is 0 Å². The van der Waals surface area contributed by atoms with Crippen LogP contribution >= 0.6 is 22.9 Å². The summed E-state index contributed by atoms with van der Waals surface area (Å²) in [5.74, 6) is 0. The highest BCUT2D eigenvalue weighted by atomic mass is 35.5. The zero-order chi connectivity index (χ0) is 17.0. The largest absolute Gasteiger partial charge is 0.379 e. The summed E-state index contributed by atoms with van der Waals surface area (Å²) in [6, 6.07) is 8.49. The van der Waals surface area contributed by atoms with E-state index in [0.29, 0.717) is 19.8 Å². The number of rotatable bonds is 6. The van der Waals surface area contributed by atoms with Crippen LogP contribution in [0.3, 0.4) is 0 Å². The van der Waals surface area contributed by atoms with Gasteiger partial charge in [-0.2, -0.15) is 11.3 Å². The minimum Gasteiger partial charge on any atom is -0.379 e. The summed E-state index contributed by atoms with van der Waals surface area (Å²) in [6.45, 7) is 3.20. The lowest BCUT2D eigenvalue weighted by Crippen LogP contribution is -2.43. The first-order valence-corrected chi connectivity index (χ1v) is 10.5. The maximum absolute atomic E-state index is 12.6. The topological polar surface area (TPSA) is 58.6 Å². The first-order valence-electron chi connectivity index (χ1n) is 7.66. The Morgan fingerprint density at radius 2 is 2.00 bits per heavy atom. The summed E-state index contributed by atoms with van der Waals surface area (Å²) in [7, 11) is -3.65. The van der Waals surface area contributed by atoms with Crippen molar-refractivity contribution in [2.75, 3.05) is 32.8 Å². The van der Waals surface area contributed by atoms with Crippen molar-refractivity contribution in [3.8, 4) is 0 Å². The SMILES string of the molecule is O=S(=O)(NCC(c1ccsc1)N1CCOCC1)c1ccccc1Cl. The van der Waals surface area contributed by atoms with Crippen molar-refractivity contribution in [3.63, 3.8) is 0 Å². The van der Waals surface area contributed by atoms with E-state index in [4.69, 9.17) is 16.3 Å². The van der Waals surface area contributed by atoms with Gasteiger partial charge in [0.1, 0.15) is 4.90 Å². The lowest BCUT2D eigenvalue weighted by molar-refractivity contribution is 0.0173. The average Bonchev–Trinajstić information content (AvgIpc) is 3.10. The maximum atomic E-state index is 12.6. The minimum atomic E-state index is -3.65. The van der Waals surface area contributed by atoms with Crippen molar-refractivity contribution < 1.29 is 13.2 Å². The van der Waals surface area contributed by atoms with Gasteiger partial charge in [-0.1, -0.05) is 23.7 Å². The highest BCUT2D eigenvalue weighted by Crippen LogP contribution is 2.25. The van der Waals surface area contributed by atoms with Crippen LogP contribution in [0.1, 0.15) is 11.6 Å². The number of benzene rings is 1. The third kappa shape index (κ3) is 4.17. The van der Waals surface area contributed by atoms with Crippen LogP contribution in [0.25, 0.3) is 0 Å². The van der Waals surface area contributed by atoms with Gasteiger partial charge in [-0.05, 0) is 34.5 Å². The minimum absolute atomic E-state index is 0.0163. The average molecular weight is 387 g/mol. The molecule has 1 aliphatic heterocycles. The molecule has 1 saturated heterocycles. The molecule has 1 unspecified atom stereocenters. The quantitative estimate of drug-likeness (QED) is 0.829. The fourth-order valence-corrected chi connectivity index (χ4v) is 5.00. The van der Waals surface area contributed by atoms with Crippen LogP contribution in [-0.2, 0) is 14.8 Å². The van der Waals surface area contributed by atoms with Gasteiger partial charge in [0.15, 0.2) is 0 Å². The number of hydrogen-bond donors (Lipinski definition) is 1. The molecule has 1 atom stereocenters. The van der Waals surface area contributed by atoms with Crippen LogP contribution in [0.4, 0.5) is 0 Å². The number of morpholine rings is 1. The summed E-state index contributed by atoms with van der Waals surface area (Å²) in [6.07, 6.45) is 0. The molecule has 2 heterocycles. The van der Waals surface area contributed by atoms with E-state index in [1.54, 1.807) is 29.5 Å². The van der Waals surface area contributed by atoms with Crippen LogP contribution in [0.2, 0.25) is 5.02 Å². The van der Waals surface area contributed by atoms with Crippen LogP contribution in [-0.4, -0.2) is 46.2 Å². The van der Waals surface area contributed by atoms with Crippen molar-refractivity contribution in [1.82, 2.24) is 9.62 Å². The number of halogens is 1. The van der Waals surface area contributed by atoms with Gasteiger partial charge < -0.3 is 4.74 Å². The predicted molar refractivity (Wildman–Crippen MR) is 96.1 cm³/mol. The van der Waals surface area contributed by atoms with Crippen LogP contribution < -0.4 is 4.72 Å². The maximum Gasteiger partial charge on any atom is 0.242 e. The molecule has 1 aromatic carbocycles. The van der Waals surface area contributed by atoms with Crippen LogP contribution in [0.5, 0.6) is 0 Å². The fraction of sp³-hybridized carbons (Fsp3) is 0.375. The molecule has 0 saturated carbocycles. The number of hydrogen-bond acceptors (Lipinski definition) is 5. The van der Waals surface area contributed by atoms with E-state index in [2.05, 4.69) is 15.0 Å². The molecule has 0 radical (unpaired) electrons. The Balaban J connectivity index is 1.77. The molecule has 1 aromatic heterocycles. The van der Waals surface area contributed by atoms with E-state index in [0.717, 1.165) is 18.7 Å². The van der Waals surface area contributed by atoms with Crippen molar-refractivity contribution in [2.45, 2.75) is 10.9 Å². The molecular formula is C16H19ClN2O3S2. The van der Waals surface area contributed by atoms with Crippen molar-refractivity contribution >= 4 is 33.0 Å². The molecule has 3 rings (SSSR count). The Morgan fingerprint density at radius 1 is 1.25 bits per heavy atom. The Morgan fingerprint density at radius 3 is 2.67 bits per heavy atom. The Labute approximate surface area is 151 Å². The van der Waals surface area contributed by atoms with E-state index >= 15 is 0 Å². The lowest BCUT2D eigenvalue weighted by Gasteiger charge is -2.34. The highest BCUT2D eigenvalue weighted by Gasteiger charge is 2.26. The molecule has 24 heavy (non-hydrogen) atoms. The van der Waals surface area contributed by atoms with Gasteiger partial charge >= 0.3 is 0 Å². The summed E-state index contributed by atoms with van der Waals surface area (Å²) in [4.78, 5) is 2.36. The van der Waals surface area contributed by atoms with Crippen molar-refractivity contribution in [2.24, 2.45) is 0 Å². The number of sulfonamides is 1. The van der Waals surface area contributed by atoms with E-state index in [9.17, 15) is 8.42 Å². The summed E-state index contributed by atoms with van der Waals surface area (Å²) in [5, 5.41) is 4.29. The smallest absolute Gasteiger partial charge is 0.242 e. The fourth-order valence-electron chi connectivity index (χ4n) is 2.74. The van der Waals surface area contributed by atoms with Gasteiger partial charge in [0, 0.05) is 25.7 Å². The van der Waals surface area contributed by atoms with Crippen molar-refractivity contribution in [3.05, 3.63) is 51.7 Å². The lowest BCUT2D eigenvalue weighted by atomic mass is 10.1. The Bertz CT molecular complexity index is 759. The molecule has 2 aromatic rings. The van der Waals surface area contributed by atoms with E-state index in [-0.39, 0.29) is 16.0 Å². The van der Waals surface area contributed by atoms with Gasteiger partial charge in [0.05, 0.1) is 18.2 Å². The Kier molecular flexibility index (Phi) is 5.91. The van der Waals surface area contributed by atoms with Gasteiger partial charge in [-0.3, -0.25) is 4.90 Å². The first kappa shape index (κ1) is 17.8. The molecule has 8 heteroatoms. The van der Waals surface area contributed by atoms with Gasteiger partial charge in [-0.25, -0.2) is 13.1 Å². The molecule has 0 spiro atoms. The summed E-state index contributed by atoms with van der Waals surface area (Å²) >= 11 is 7.64. The Hall–Kier alpha value is -0.960. The third-order valence-electron chi connectivity index (χ3n) is 4.01. The molecule has 1 aliphatic rings. The second-order valence-electron chi connectivity index (χ2n) is 5.50. The first-order chi connectivity index (χ1) is 11.6. The second-order valence-corrected chi connectivity index (χ2v) is 8.43. The number of nitrogens with zero attached hydrogens (tertiary/aromatic N) is 1. The zero-order valence-corrected chi connectivity index (χ0v) is 15.4. The van der Waals surface area contributed by atoms with Crippen LogP contribution in [0.15, 0.2) is 46.0 Å². The van der Waals surface area contributed by atoms with E-state index in [1.807, 2.05) is 11.4 Å². The highest BCUT2D eigenvalue weighted by molar-refractivity contribution is 7.89. The molecule has 0 amide bonds. The molecular weight excluding hydrogens is 368 g/mol. The molecule has 1 fully saturated rings. The summed E-state index contributed by atoms with van der Waals surface area (Å²) < 4.78 is 33.3. The van der Waals surface area contributed by atoms with E-state index < -0.39 is 10.0 Å². The molecule has 5 nitrogen and oxygen atoms in total. The second kappa shape index (κ2) is 7.95. The van der Waals surface area contributed by atoms with Gasteiger partial charge in [0.2, 0.25) is 10.0 Å². The monoisotopic (exact) mass is 386 g/mol. The molecule has 130 valence electrons. The number of ether oxygens (including phenoxy) is 1. The van der Waals surface area contributed by atoms with E-state index in [1.165, 1.54) is 6.07 Å². The van der Waals surface area contributed by atoms with Gasteiger partial charge in [0.25, 0.3) is 0 Å². The molecule has 0 bridgehead atoms. The number of nitrogens with one attached hydrogen (secondary N) is 1. The van der Waals surface area contributed by atoms with Crippen LogP contribution in [0, 0.1) is 0 Å². The summed E-state index contributed by atoms with van der Waals surface area (Å²) in [5.41, 5.74) is 1.11. The number of thiophene rings is 1. The van der Waals surface area contributed by atoms with Crippen molar-refractivity contribution in [1.29, 1.82) is 0 Å². The third-order valence-corrected chi connectivity index (χ3v) is 6.63. The standard InChI is InChI=1S/C16H19ClN2O3S2/c17-14-3-1-2-4-16(14)24(20,21)18-11-15(13-5-10-23-12-13)19-6-8-22-9-7-19/h1-5,10,12,15,18H,6-9,11H2. The molecule has 1 N–H and O–H groups in total. The normalized spacial score (nSPS) is 17.7.